The Labute approximate surface area is 146 Å². The van der Waals surface area contributed by atoms with Crippen molar-refractivity contribution >= 4 is 17.4 Å². The van der Waals surface area contributed by atoms with Gasteiger partial charge in [-0.25, -0.2) is 9.37 Å². The first-order valence-electron chi connectivity index (χ1n) is 7.91. The van der Waals surface area contributed by atoms with Gasteiger partial charge in [0.2, 0.25) is 0 Å². The van der Waals surface area contributed by atoms with E-state index < -0.39 is 0 Å². The molecule has 1 aliphatic rings. The molecule has 0 aliphatic heterocycles. The minimum atomic E-state index is -0.266. The van der Waals surface area contributed by atoms with Gasteiger partial charge >= 0.3 is 0 Å². The monoisotopic (exact) mass is 350 g/mol. The Morgan fingerprint density at radius 1 is 1.33 bits per heavy atom. The maximum atomic E-state index is 14.6. The standard InChI is InChI=1S/C18H20ClFN2O2/c1-11-7-14(19)18(21-10-11)22-16-4-3-12-8-13(24-6-5-23-2)9-15(20)17(12)16/h7-10,16H,3-6H2,1-2H3,(H,21,22). The van der Waals surface area contributed by atoms with E-state index in [2.05, 4.69) is 10.3 Å². The number of aromatic nitrogens is 1. The van der Waals surface area contributed by atoms with Crippen LogP contribution in [0.15, 0.2) is 24.4 Å². The average Bonchev–Trinajstić information content (AvgIpc) is 2.94. The molecule has 128 valence electrons. The molecule has 1 aromatic heterocycles. The minimum Gasteiger partial charge on any atom is -0.491 e. The van der Waals surface area contributed by atoms with E-state index in [4.69, 9.17) is 21.1 Å². The summed E-state index contributed by atoms with van der Waals surface area (Å²) in [6.45, 7) is 2.80. The zero-order valence-corrected chi connectivity index (χ0v) is 14.5. The zero-order valence-electron chi connectivity index (χ0n) is 13.7. The highest BCUT2D eigenvalue weighted by atomic mass is 35.5. The molecule has 1 atom stereocenters. The zero-order chi connectivity index (χ0) is 17.1. The van der Waals surface area contributed by atoms with Crippen LogP contribution in [0, 0.1) is 12.7 Å². The Hall–Kier alpha value is -1.85. The number of aryl methyl sites for hydroxylation is 2. The van der Waals surface area contributed by atoms with Crippen LogP contribution in [0.25, 0.3) is 0 Å². The maximum absolute atomic E-state index is 14.6. The highest BCUT2D eigenvalue weighted by Gasteiger charge is 2.27. The van der Waals surface area contributed by atoms with Crippen LogP contribution in [0.5, 0.6) is 5.75 Å². The summed E-state index contributed by atoms with van der Waals surface area (Å²) in [7, 11) is 1.60. The molecule has 0 saturated carbocycles. The summed E-state index contributed by atoms with van der Waals surface area (Å²) in [5.41, 5.74) is 2.62. The van der Waals surface area contributed by atoms with Crippen molar-refractivity contribution in [2.45, 2.75) is 25.8 Å². The fourth-order valence-corrected chi connectivity index (χ4v) is 3.24. The number of nitrogens with one attached hydrogen (secondary N) is 1. The van der Waals surface area contributed by atoms with E-state index >= 15 is 0 Å². The first-order chi connectivity index (χ1) is 11.6. The fraction of sp³-hybridized carbons (Fsp3) is 0.389. The van der Waals surface area contributed by atoms with Gasteiger partial charge < -0.3 is 14.8 Å². The summed E-state index contributed by atoms with van der Waals surface area (Å²) in [4.78, 5) is 4.31. The number of halogens is 2. The summed E-state index contributed by atoms with van der Waals surface area (Å²) in [6, 6.07) is 5.04. The topological polar surface area (TPSA) is 43.4 Å². The number of hydrogen-bond donors (Lipinski definition) is 1. The molecular weight excluding hydrogens is 331 g/mol. The minimum absolute atomic E-state index is 0.138. The molecule has 0 saturated heterocycles. The highest BCUT2D eigenvalue weighted by molar-refractivity contribution is 6.32. The summed E-state index contributed by atoms with van der Waals surface area (Å²) in [5.74, 6) is 0.855. The molecule has 0 amide bonds. The SMILES string of the molecule is COCCOc1cc(F)c2c(c1)CCC2Nc1ncc(C)cc1Cl. The van der Waals surface area contributed by atoms with Crippen molar-refractivity contribution in [3.63, 3.8) is 0 Å². The van der Waals surface area contributed by atoms with Crippen LogP contribution in [0.2, 0.25) is 5.02 Å². The van der Waals surface area contributed by atoms with Crippen LogP contribution in [-0.4, -0.2) is 25.3 Å². The normalized spacial score (nSPS) is 16.1. The lowest BCUT2D eigenvalue weighted by atomic mass is 10.1. The second-order valence-electron chi connectivity index (χ2n) is 5.90. The van der Waals surface area contributed by atoms with Crippen molar-refractivity contribution in [1.82, 2.24) is 4.98 Å². The molecule has 0 fully saturated rings. The van der Waals surface area contributed by atoms with Crippen LogP contribution < -0.4 is 10.1 Å². The molecule has 2 aromatic rings. The number of methoxy groups -OCH3 is 1. The van der Waals surface area contributed by atoms with Gasteiger partial charge in [0.25, 0.3) is 0 Å². The van der Waals surface area contributed by atoms with Crippen LogP contribution in [0.1, 0.15) is 29.2 Å². The number of anilines is 1. The van der Waals surface area contributed by atoms with E-state index in [1.807, 2.05) is 19.1 Å². The number of pyridine rings is 1. The number of ether oxygens (including phenoxy) is 2. The molecular formula is C18H20ClFN2O2. The predicted molar refractivity (Wildman–Crippen MR) is 92.4 cm³/mol. The molecule has 0 spiro atoms. The number of hydrogen-bond acceptors (Lipinski definition) is 4. The van der Waals surface area contributed by atoms with Crippen molar-refractivity contribution in [3.05, 3.63) is 51.9 Å². The van der Waals surface area contributed by atoms with E-state index in [1.165, 1.54) is 6.07 Å². The summed E-state index contributed by atoms with van der Waals surface area (Å²) in [5, 5.41) is 3.81. The van der Waals surface area contributed by atoms with Crippen molar-refractivity contribution in [2.75, 3.05) is 25.6 Å². The van der Waals surface area contributed by atoms with Crippen LogP contribution in [0.4, 0.5) is 10.2 Å². The van der Waals surface area contributed by atoms with Gasteiger partial charge in [-0.15, -0.1) is 0 Å². The molecule has 0 radical (unpaired) electrons. The molecule has 1 unspecified atom stereocenters. The van der Waals surface area contributed by atoms with Gasteiger partial charge in [-0.3, -0.25) is 0 Å². The second kappa shape index (κ2) is 7.36. The Bertz CT molecular complexity index is 739. The van der Waals surface area contributed by atoms with Gasteiger partial charge in [0.05, 0.1) is 17.7 Å². The van der Waals surface area contributed by atoms with E-state index in [0.717, 1.165) is 24.0 Å². The van der Waals surface area contributed by atoms with Gasteiger partial charge in [0.1, 0.15) is 24.0 Å². The summed E-state index contributed by atoms with van der Waals surface area (Å²) >= 11 is 6.22. The van der Waals surface area contributed by atoms with Gasteiger partial charge in [0, 0.05) is 24.9 Å². The Morgan fingerprint density at radius 3 is 2.92 bits per heavy atom. The van der Waals surface area contributed by atoms with Crippen LogP contribution in [0.3, 0.4) is 0 Å². The maximum Gasteiger partial charge on any atom is 0.145 e. The van der Waals surface area contributed by atoms with Crippen LogP contribution >= 0.6 is 11.6 Å². The highest BCUT2D eigenvalue weighted by Crippen LogP contribution is 2.38. The molecule has 24 heavy (non-hydrogen) atoms. The molecule has 1 aliphatic carbocycles. The third-order valence-electron chi connectivity index (χ3n) is 4.08. The molecule has 3 rings (SSSR count). The number of benzene rings is 1. The quantitative estimate of drug-likeness (QED) is 0.788. The van der Waals surface area contributed by atoms with Gasteiger partial charge in [-0.05, 0) is 43.0 Å². The molecule has 4 nitrogen and oxygen atoms in total. The van der Waals surface area contributed by atoms with Crippen molar-refractivity contribution in [1.29, 1.82) is 0 Å². The first-order valence-corrected chi connectivity index (χ1v) is 8.29. The van der Waals surface area contributed by atoms with E-state index in [0.29, 0.717) is 35.4 Å². The Balaban J connectivity index is 1.79. The summed E-state index contributed by atoms with van der Waals surface area (Å²) in [6.07, 6.45) is 3.32. The second-order valence-corrected chi connectivity index (χ2v) is 6.31. The molecule has 0 bridgehead atoms. The number of fused-ring (bicyclic) bond motifs is 1. The van der Waals surface area contributed by atoms with Gasteiger partial charge in [0.15, 0.2) is 0 Å². The van der Waals surface area contributed by atoms with E-state index in [1.54, 1.807) is 13.3 Å². The first kappa shape index (κ1) is 17.0. The third kappa shape index (κ3) is 3.62. The Morgan fingerprint density at radius 2 is 2.17 bits per heavy atom. The molecule has 1 aromatic carbocycles. The molecule has 1 N–H and O–H groups in total. The average molecular weight is 351 g/mol. The van der Waals surface area contributed by atoms with Crippen molar-refractivity contribution in [2.24, 2.45) is 0 Å². The van der Waals surface area contributed by atoms with Gasteiger partial charge in [-0.2, -0.15) is 0 Å². The Kier molecular flexibility index (Phi) is 5.21. The third-order valence-corrected chi connectivity index (χ3v) is 4.37. The lowest BCUT2D eigenvalue weighted by Gasteiger charge is -2.17. The largest absolute Gasteiger partial charge is 0.491 e. The number of nitrogens with zero attached hydrogens (tertiary/aromatic N) is 1. The van der Waals surface area contributed by atoms with Gasteiger partial charge in [-0.1, -0.05) is 11.6 Å². The van der Waals surface area contributed by atoms with E-state index in [-0.39, 0.29) is 11.9 Å². The lowest BCUT2D eigenvalue weighted by molar-refractivity contribution is 0.146. The van der Waals surface area contributed by atoms with Crippen molar-refractivity contribution in [3.8, 4) is 5.75 Å². The number of rotatable bonds is 6. The smallest absolute Gasteiger partial charge is 0.145 e. The lowest BCUT2D eigenvalue weighted by Crippen LogP contribution is -2.11. The van der Waals surface area contributed by atoms with E-state index in [9.17, 15) is 4.39 Å². The fourth-order valence-electron chi connectivity index (χ4n) is 2.96. The predicted octanol–water partition coefficient (Wildman–Crippen LogP) is 4.31. The summed E-state index contributed by atoms with van der Waals surface area (Å²) < 4.78 is 25.0. The van der Waals surface area contributed by atoms with Crippen molar-refractivity contribution < 1.29 is 13.9 Å². The molecule has 1 heterocycles. The van der Waals surface area contributed by atoms with Crippen LogP contribution in [-0.2, 0) is 11.2 Å². The molecule has 6 heteroatoms.